The van der Waals surface area contributed by atoms with Crippen LogP contribution in [-0.2, 0) is 0 Å². The number of pyridine rings is 1. The van der Waals surface area contributed by atoms with Crippen molar-refractivity contribution in [2.45, 2.75) is 24.9 Å². The predicted molar refractivity (Wildman–Crippen MR) is 86.9 cm³/mol. The van der Waals surface area contributed by atoms with Crippen LogP contribution in [0.4, 0.5) is 5.69 Å². The molecule has 1 aliphatic rings. The molecule has 1 aliphatic heterocycles. The molecule has 5 heteroatoms. The number of hydrogen-bond donors (Lipinski definition) is 3. The zero-order chi connectivity index (χ0) is 14.7. The summed E-state index contributed by atoms with van der Waals surface area (Å²) in [6.45, 7) is 2.40. The highest BCUT2D eigenvalue weighted by Crippen LogP contribution is 2.26. The highest BCUT2D eigenvalue weighted by Gasteiger charge is 2.27. The van der Waals surface area contributed by atoms with Crippen LogP contribution >= 0.6 is 11.6 Å². The standard InChI is InChI=1S/C16H20ClN3O/c17-12-2-3-13-14(4-8-19-15(13)10-12)20-11-16(21)5-1-7-18-9-6-16/h2-4,8,10,18,21H,1,5-7,9,11H2,(H,19,20). The van der Waals surface area contributed by atoms with E-state index in [1.165, 1.54) is 0 Å². The highest BCUT2D eigenvalue weighted by molar-refractivity contribution is 6.31. The lowest BCUT2D eigenvalue weighted by molar-refractivity contribution is 0.0414. The lowest BCUT2D eigenvalue weighted by Gasteiger charge is -2.27. The summed E-state index contributed by atoms with van der Waals surface area (Å²) in [5.74, 6) is 0. The SMILES string of the molecule is OC1(CNc2ccnc3cc(Cl)ccc23)CCCNCC1. The van der Waals surface area contributed by atoms with Crippen molar-refractivity contribution < 1.29 is 5.11 Å². The first-order chi connectivity index (χ1) is 10.2. The van der Waals surface area contributed by atoms with Gasteiger partial charge in [-0.25, -0.2) is 0 Å². The van der Waals surface area contributed by atoms with Crippen molar-refractivity contribution in [1.82, 2.24) is 10.3 Å². The Bertz CT molecular complexity index is 624. The van der Waals surface area contributed by atoms with E-state index in [1.807, 2.05) is 24.3 Å². The van der Waals surface area contributed by atoms with Crippen LogP contribution < -0.4 is 10.6 Å². The van der Waals surface area contributed by atoms with Crippen molar-refractivity contribution in [3.05, 3.63) is 35.5 Å². The van der Waals surface area contributed by atoms with Crippen LogP contribution in [0.25, 0.3) is 10.9 Å². The van der Waals surface area contributed by atoms with Gasteiger partial charge in [0.15, 0.2) is 0 Å². The first kappa shape index (κ1) is 14.6. The Labute approximate surface area is 129 Å². The maximum atomic E-state index is 10.7. The van der Waals surface area contributed by atoms with E-state index in [9.17, 15) is 5.11 Å². The minimum atomic E-state index is -0.647. The Morgan fingerprint density at radius 3 is 3.10 bits per heavy atom. The van der Waals surface area contributed by atoms with Crippen molar-refractivity contribution in [2.24, 2.45) is 0 Å². The molecule has 0 radical (unpaired) electrons. The third kappa shape index (κ3) is 3.46. The molecule has 0 spiro atoms. The van der Waals surface area contributed by atoms with E-state index in [0.29, 0.717) is 11.6 Å². The summed E-state index contributed by atoms with van der Waals surface area (Å²) in [6, 6.07) is 7.62. The van der Waals surface area contributed by atoms with E-state index in [1.54, 1.807) is 6.20 Å². The van der Waals surface area contributed by atoms with Gasteiger partial charge in [0.05, 0.1) is 11.1 Å². The summed E-state index contributed by atoms with van der Waals surface area (Å²) in [6.07, 6.45) is 4.36. The molecule has 0 saturated carbocycles. The largest absolute Gasteiger partial charge is 0.388 e. The average molecular weight is 306 g/mol. The van der Waals surface area contributed by atoms with E-state index in [4.69, 9.17) is 11.6 Å². The summed E-state index contributed by atoms with van der Waals surface area (Å²) in [5, 5.41) is 19.1. The van der Waals surface area contributed by atoms with Gasteiger partial charge in [0.1, 0.15) is 0 Å². The quantitative estimate of drug-likeness (QED) is 0.816. The van der Waals surface area contributed by atoms with Gasteiger partial charge >= 0.3 is 0 Å². The molecule has 0 bridgehead atoms. The molecule has 21 heavy (non-hydrogen) atoms. The average Bonchev–Trinajstić information content (AvgIpc) is 2.70. The minimum absolute atomic E-state index is 0.552. The monoisotopic (exact) mass is 305 g/mol. The Balaban J connectivity index is 1.78. The molecule has 1 unspecified atom stereocenters. The smallest absolute Gasteiger partial charge is 0.0831 e. The van der Waals surface area contributed by atoms with Crippen molar-refractivity contribution >= 4 is 28.2 Å². The van der Waals surface area contributed by atoms with E-state index in [2.05, 4.69) is 15.6 Å². The van der Waals surface area contributed by atoms with Crippen molar-refractivity contribution in [2.75, 3.05) is 25.0 Å². The number of hydrogen-bond acceptors (Lipinski definition) is 4. The van der Waals surface area contributed by atoms with Crippen LogP contribution in [0.5, 0.6) is 0 Å². The molecular formula is C16H20ClN3O. The van der Waals surface area contributed by atoms with Crippen LogP contribution in [-0.4, -0.2) is 35.3 Å². The van der Waals surface area contributed by atoms with E-state index >= 15 is 0 Å². The second-order valence-electron chi connectivity index (χ2n) is 5.70. The third-order valence-electron chi connectivity index (χ3n) is 4.08. The van der Waals surface area contributed by atoms with E-state index < -0.39 is 5.60 Å². The lowest BCUT2D eigenvalue weighted by Crippen LogP contribution is -2.37. The van der Waals surface area contributed by atoms with Crippen molar-refractivity contribution in [3.8, 4) is 0 Å². The summed E-state index contributed by atoms with van der Waals surface area (Å²) < 4.78 is 0. The van der Waals surface area contributed by atoms with E-state index in [0.717, 1.165) is 48.9 Å². The number of fused-ring (bicyclic) bond motifs is 1. The molecule has 1 aromatic carbocycles. The minimum Gasteiger partial charge on any atom is -0.388 e. The van der Waals surface area contributed by atoms with Crippen LogP contribution in [0.2, 0.25) is 5.02 Å². The molecule has 1 saturated heterocycles. The molecule has 3 N–H and O–H groups in total. The Morgan fingerprint density at radius 2 is 2.19 bits per heavy atom. The van der Waals surface area contributed by atoms with Crippen LogP contribution in [0.1, 0.15) is 19.3 Å². The molecule has 2 heterocycles. The molecule has 4 nitrogen and oxygen atoms in total. The zero-order valence-corrected chi connectivity index (χ0v) is 12.7. The van der Waals surface area contributed by atoms with Gasteiger partial charge in [0.2, 0.25) is 0 Å². The van der Waals surface area contributed by atoms with Gasteiger partial charge < -0.3 is 15.7 Å². The fraction of sp³-hybridized carbons (Fsp3) is 0.438. The number of aromatic nitrogens is 1. The van der Waals surface area contributed by atoms with Gasteiger partial charge in [-0.1, -0.05) is 11.6 Å². The molecule has 3 rings (SSSR count). The second-order valence-corrected chi connectivity index (χ2v) is 6.14. The number of nitrogens with one attached hydrogen (secondary N) is 2. The van der Waals surface area contributed by atoms with Crippen molar-refractivity contribution in [1.29, 1.82) is 0 Å². The van der Waals surface area contributed by atoms with Gasteiger partial charge in [-0.15, -0.1) is 0 Å². The van der Waals surface area contributed by atoms with Gasteiger partial charge in [-0.2, -0.15) is 0 Å². The summed E-state index contributed by atoms with van der Waals surface area (Å²) in [7, 11) is 0. The predicted octanol–water partition coefficient (Wildman–Crippen LogP) is 2.80. The summed E-state index contributed by atoms with van der Waals surface area (Å²) >= 11 is 6.00. The Hall–Kier alpha value is -1.36. The zero-order valence-electron chi connectivity index (χ0n) is 11.9. The first-order valence-electron chi connectivity index (χ1n) is 7.38. The molecule has 0 amide bonds. The second kappa shape index (κ2) is 6.18. The van der Waals surface area contributed by atoms with Crippen molar-refractivity contribution in [3.63, 3.8) is 0 Å². The summed E-state index contributed by atoms with van der Waals surface area (Å²) in [4.78, 5) is 4.33. The molecule has 1 fully saturated rings. The van der Waals surface area contributed by atoms with Crippen LogP contribution in [0.3, 0.4) is 0 Å². The van der Waals surface area contributed by atoms with Gasteiger partial charge in [-0.3, -0.25) is 4.98 Å². The molecule has 112 valence electrons. The number of anilines is 1. The van der Waals surface area contributed by atoms with Crippen LogP contribution in [0.15, 0.2) is 30.5 Å². The van der Waals surface area contributed by atoms with Crippen LogP contribution in [0, 0.1) is 0 Å². The van der Waals surface area contributed by atoms with Gasteiger partial charge in [0, 0.05) is 28.8 Å². The topological polar surface area (TPSA) is 57.2 Å². The number of aliphatic hydroxyl groups is 1. The third-order valence-corrected chi connectivity index (χ3v) is 4.31. The lowest BCUT2D eigenvalue weighted by atomic mass is 9.94. The van der Waals surface area contributed by atoms with Gasteiger partial charge in [-0.05, 0) is 56.6 Å². The number of benzene rings is 1. The molecule has 1 aromatic heterocycles. The molecule has 0 aliphatic carbocycles. The Kier molecular flexibility index (Phi) is 4.29. The fourth-order valence-corrected chi connectivity index (χ4v) is 2.99. The first-order valence-corrected chi connectivity index (χ1v) is 7.75. The number of nitrogens with zero attached hydrogens (tertiary/aromatic N) is 1. The normalized spacial score (nSPS) is 23.0. The fourth-order valence-electron chi connectivity index (χ4n) is 2.83. The van der Waals surface area contributed by atoms with E-state index in [-0.39, 0.29) is 0 Å². The number of rotatable bonds is 3. The highest BCUT2D eigenvalue weighted by atomic mass is 35.5. The molecular weight excluding hydrogens is 286 g/mol. The van der Waals surface area contributed by atoms with Gasteiger partial charge in [0.25, 0.3) is 0 Å². The molecule has 2 aromatic rings. The maximum Gasteiger partial charge on any atom is 0.0831 e. The maximum absolute atomic E-state index is 10.7. The number of halogens is 1. The Morgan fingerprint density at radius 1 is 1.29 bits per heavy atom. The summed E-state index contributed by atoms with van der Waals surface area (Å²) in [5.41, 5.74) is 1.20. The molecule has 1 atom stereocenters.